The summed E-state index contributed by atoms with van der Waals surface area (Å²) in [5.41, 5.74) is 5.72. The van der Waals surface area contributed by atoms with Gasteiger partial charge >= 0.3 is 0 Å². The van der Waals surface area contributed by atoms with E-state index in [0.717, 1.165) is 5.56 Å². The fourth-order valence-electron chi connectivity index (χ4n) is 1.96. The maximum absolute atomic E-state index is 12.4. The first kappa shape index (κ1) is 19.4. The number of amides is 2. The molecule has 2 amide bonds. The maximum atomic E-state index is 12.4. The van der Waals surface area contributed by atoms with Crippen molar-refractivity contribution < 1.29 is 9.59 Å². The van der Waals surface area contributed by atoms with Crippen LogP contribution in [0.25, 0.3) is 0 Å². The van der Waals surface area contributed by atoms with Crippen molar-refractivity contribution in [3.05, 3.63) is 35.9 Å². The smallest absolute Gasteiger partial charge is 0.247 e. The highest BCUT2D eigenvalue weighted by Gasteiger charge is 2.33. The van der Waals surface area contributed by atoms with Crippen molar-refractivity contribution in [1.29, 1.82) is 0 Å². The van der Waals surface area contributed by atoms with Gasteiger partial charge < -0.3 is 16.0 Å². The number of halogens is 1. The van der Waals surface area contributed by atoms with Gasteiger partial charge in [-0.25, -0.2) is 0 Å². The van der Waals surface area contributed by atoms with Gasteiger partial charge in [-0.1, -0.05) is 30.3 Å². The Morgan fingerprint density at radius 1 is 1.29 bits per heavy atom. The van der Waals surface area contributed by atoms with Crippen molar-refractivity contribution in [3.8, 4) is 0 Å². The summed E-state index contributed by atoms with van der Waals surface area (Å²) in [5.74, 6) is -0.484. The van der Waals surface area contributed by atoms with Crippen LogP contribution in [0.3, 0.4) is 0 Å². The predicted octanol–water partition coefficient (Wildman–Crippen LogP) is 1.27. The van der Waals surface area contributed by atoms with E-state index in [1.54, 1.807) is 26.1 Å². The lowest BCUT2D eigenvalue weighted by Crippen LogP contribution is -2.52. The van der Waals surface area contributed by atoms with Crippen LogP contribution in [0.15, 0.2) is 30.3 Å². The average Bonchev–Trinajstić information content (AvgIpc) is 2.37. The van der Waals surface area contributed by atoms with E-state index in [9.17, 15) is 9.59 Å². The molecule has 0 aliphatic carbocycles. The predicted molar refractivity (Wildman–Crippen MR) is 86.1 cm³/mol. The summed E-state index contributed by atoms with van der Waals surface area (Å²) in [6.07, 6.45) is 0. The summed E-state index contributed by atoms with van der Waals surface area (Å²) in [7, 11) is 1.58. The Bertz CT molecular complexity index is 475. The molecule has 0 radical (unpaired) electrons. The number of hydrogen-bond donors (Lipinski definition) is 2. The highest BCUT2D eigenvalue weighted by Crippen LogP contribution is 2.19. The molecule has 1 rings (SSSR count). The van der Waals surface area contributed by atoms with Gasteiger partial charge in [0.25, 0.3) is 0 Å². The molecule has 1 aromatic carbocycles. The molecule has 3 N–H and O–H groups in total. The Hall–Kier alpha value is -1.59. The van der Waals surface area contributed by atoms with Crippen molar-refractivity contribution in [3.63, 3.8) is 0 Å². The molecule has 0 aliphatic heterocycles. The number of carbonyl (C=O) groups is 2. The van der Waals surface area contributed by atoms with Gasteiger partial charge in [0.05, 0.1) is 6.54 Å². The molecule has 118 valence electrons. The van der Waals surface area contributed by atoms with E-state index in [2.05, 4.69) is 5.32 Å². The number of rotatable bonds is 5. The van der Waals surface area contributed by atoms with Crippen LogP contribution in [0.5, 0.6) is 0 Å². The summed E-state index contributed by atoms with van der Waals surface area (Å²) in [5, 5.41) is 2.75. The standard InChI is InChI=1S/C15H23N3O2.ClH/c1-11(2)17-13(19)10-18(4)14(20)15(3,16)12-8-6-5-7-9-12;/h5-9,11H,10,16H2,1-4H3,(H,17,19);1H. The number of nitrogens with zero attached hydrogens (tertiary/aromatic N) is 1. The third-order valence-corrected chi connectivity index (χ3v) is 2.99. The van der Waals surface area contributed by atoms with Crippen LogP contribution >= 0.6 is 12.4 Å². The quantitative estimate of drug-likeness (QED) is 0.859. The fraction of sp³-hybridized carbons (Fsp3) is 0.467. The number of hydrogen-bond acceptors (Lipinski definition) is 3. The Kier molecular flexibility index (Phi) is 7.39. The minimum Gasteiger partial charge on any atom is -0.352 e. The van der Waals surface area contributed by atoms with Crippen molar-refractivity contribution >= 4 is 24.2 Å². The zero-order chi connectivity index (χ0) is 15.3. The second kappa shape index (κ2) is 8.00. The van der Waals surface area contributed by atoms with Crippen molar-refractivity contribution in [2.45, 2.75) is 32.4 Å². The van der Waals surface area contributed by atoms with E-state index in [4.69, 9.17) is 5.73 Å². The van der Waals surface area contributed by atoms with Gasteiger partial charge in [0, 0.05) is 13.1 Å². The highest BCUT2D eigenvalue weighted by atomic mass is 35.5. The minimum atomic E-state index is -1.14. The molecule has 0 saturated carbocycles. The van der Waals surface area contributed by atoms with E-state index >= 15 is 0 Å². The summed E-state index contributed by atoms with van der Waals surface area (Å²) in [6, 6.07) is 9.19. The normalized spacial score (nSPS) is 13.0. The van der Waals surface area contributed by atoms with E-state index in [1.165, 1.54) is 4.90 Å². The second-order valence-corrected chi connectivity index (χ2v) is 5.45. The molecule has 0 saturated heterocycles. The summed E-state index contributed by atoms with van der Waals surface area (Å²) in [6.45, 7) is 5.39. The Labute approximate surface area is 132 Å². The van der Waals surface area contributed by atoms with Crippen LogP contribution in [0.1, 0.15) is 26.3 Å². The molecule has 0 aliphatic rings. The zero-order valence-corrected chi connectivity index (χ0v) is 13.7. The van der Waals surface area contributed by atoms with Crippen molar-refractivity contribution in [2.75, 3.05) is 13.6 Å². The lowest BCUT2D eigenvalue weighted by atomic mass is 9.92. The molecule has 21 heavy (non-hydrogen) atoms. The average molecular weight is 314 g/mol. The van der Waals surface area contributed by atoms with Crippen LogP contribution in [0.4, 0.5) is 0 Å². The molecule has 1 unspecified atom stereocenters. The lowest BCUT2D eigenvalue weighted by molar-refractivity contribution is -0.139. The van der Waals surface area contributed by atoms with E-state index in [0.29, 0.717) is 0 Å². The van der Waals surface area contributed by atoms with Gasteiger partial charge in [0.1, 0.15) is 5.54 Å². The molecular weight excluding hydrogens is 290 g/mol. The van der Waals surface area contributed by atoms with Crippen LogP contribution < -0.4 is 11.1 Å². The van der Waals surface area contributed by atoms with Gasteiger partial charge in [0.15, 0.2) is 0 Å². The highest BCUT2D eigenvalue weighted by molar-refractivity contribution is 5.90. The zero-order valence-electron chi connectivity index (χ0n) is 12.9. The molecular formula is C15H24ClN3O2. The molecule has 0 spiro atoms. The minimum absolute atomic E-state index is 0. The molecule has 0 bridgehead atoms. The Balaban J connectivity index is 0.00000400. The van der Waals surface area contributed by atoms with Crippen molar-refractivity contribution in [2.24, 2.45) is 5.73 Å². The number of benzene rings is 1. The van der Waals surface area contributed by atoms with E-state index < -0.39 is 5.54 Å². The lowest BCUT2D eigenvalue weighted by Gasteiger charge is -2.29. The molecule has 0 fully saturated rings. The summed E-state index contributed by atoms with van der Waals surface area (Å²) >= 11 is 0. The monoisotopic (exact) mass is 313 g/mol. The molecule has 1 atom stereocenters. The Morgan fingerprint density at radius 2 is 1.81 bits per heavy atom. The Morgan fingerprint density at radius 3 is 2.29 bits per heavy atom. The van der Waals surface area contributed by atoms with E-state index in [1.807, 2.05) is 32.0 Å². The largest absolute Gasteiger partial charge is 0.352 e. The number of carbonyl (C=O) groups excluding carboxylic acids is 2. The first-order valence-electron chi connectivity index (χ1n) is 6.64. The molecule has 6 heteroatoms. The summed E-state index contributed by atoms with van der Waals surface area (Å²) in [4.78, 5) is 25.4. The third kappa shape index (κ3) is 5.36. The van der Waals surface area contributed by atoms with Crippen LogP contribution in [-0.4, -0.2) is 36.3 Å². The first-order chi connectivity index (χ1) is 9.25. The first-order valence-corrected chi connectivity index (χ1v) is 6.64. The van der Waals surface area contributed by atoms with Gasteiger partial charge in [-0.15, -0.1) is 12.4 Å². The van der Waals surface area contributed by atoms with Crippen LogP contribution in [0, 0.1) is 0 Å². The van der Waals surface area contributed by atoms with Crippen LogP contribution in [-0.2, 0) is 15.1 Å². The van der Waals surface area contributed by atoms with Gasteiger partial charge in [-0.3, -0.25) is 9.59 Å². The van der Waals surface area contributed by atoms with Gasteiger partial charge in [0.2, 0.25) is 11.8 Å². The number of nitrogens with one attached hydrogen (secondary N) is 1. The fourth-order valence-corrected chi connectivity index (χ4v) is 1.96. The van der Waals surface area contributed by atoms with Gasteiger partial charge in [-0.2, -0.15) is 0 Å². The van der Waals surface area contributed by atoms with Crippen molar-refractivity contribution in [1.82, 2.24) is 10.2 Å². The number of likely N-dealkylation sites (N-methyl/N-ethyl adjacent to an activating group) is 1. The van der Waals surface area contributed by atoms with E-state index in [-0.39, 0.29) is 36.8 Å². The maximum Gasteiger partial charge on any atom is 0.247 e. The SMILES string of the molecule is CC(C)NC(=O)CN(C)C(=O)C(C)(N)c1ccccc1.Cl. The molecule has 1 aromatic rings. The molecule has 5 nitrogen and oxygen atoms in total. The molecule has 0 aromatic heterocycles. The summed E-state index contributed by atoms with van der Waals surface area (Å²) < 4.78 is 0. The van der Waals surface area contributed by atoms with Crippen LogP contribution in [0.2, 0.25) is 0 Å². The molecule has 0 heterocycles. The second-order valence-electron chi connectivity index (χ2n) is 5.45. The van der Waals surface area contributed by atoms with Gasteiger partial charge in [-0.05, 0) is 26.3 Å². The topological polar surface area (TPSA) is 75.4 Å². The number of nitrogens with two attached hydrogens (primary N) is 1. The third-order valence-electron chi connectivity index (χ3n) is 2.99.